The molecule has 0 aliphatic carbocycles. The quantitative estimate of drug-likeness (QED) is 0.689. The van der Waals surface area contributed by atoms with E-state index in [2.05, 4.69) is 20.6 Å². The lowest BCUT2D eigenvalue weighted by Crippen LogP contribution is -2.24. The second-order valence-corrected chi connectivity index (χ2v) is 7.03. The zero-order valence-electron chi connectivity index (χ0n) is 16.6. The van der Waals surface area contributed by atoms with Crippen LogP contribution in [0.2, 0.25) is 0 Å². The number of carbonyl (C=O) groups excluding carboxylic acids is 1. The van der Waals surface area contributed by atoms with Gasteiger partial charge in [-0.05, 0) is 61.7 Å². The fourth-order valence-corrected chi connectivity index (χ4v) is 3.06. The zero-order valence-corrected chi connectivity index (χ0v) is 16.6. The van der Waals surface area contributed by atoms with E-state index in [1.165, 1.54) is 0 Å². The molecule has 3 aromatic rings. The molecule has 7 heteroatoms. The second kappa shape index (κ2) is 7.79. The highest BCUT2D eigenvalue weighted by atomic mass is 16.7. The van der Waals surface area contributed by atoms with Gasteiger partial charge in [-0.1, -0.05) is 18.2 Å². The smallest absolute Gasteiger partial charge is 0.270 e. The van der Waals surface area contributed by atoms with Gasteiger partial charge in [0.2, 0.25) is 12.7 Å². The summed E-state index contributed by atoms with van der Waals surface area (Å²) >= 11 is 0. The largest absolute Gasteiger partial charge is 0.454 e. The number of fused-ring (bicyclic) bond motifs is 1. The molecule has 0 radical (unpaired) electrons. The van der Waals surface area contributed by atoms with Crippen molar-refractivity contribution in [2.45, 2.75) is 27.3 Å². The number of rotatable bonds is 5. The number of hydrogen-bond donors (Lipinski definition) is 2. The van der Waals surface area contributed by atoms with E-state index in [1.54, 1.807) is 6.07 Å². The Morgan fingerprint density at radius 1 is 1.00 bits per heavy atom. The van der Waals surface area contributed by atoms with E-state index in [-0.39, 0.29) is 12.7 Å². The Labute approximate surface area is 169 Å². The Morgan fingerprint density at radius 2 is 1.83 bits per heavy atom. The molecular formula is C22H22N4O3. The van der Waals surface area contributed by atoms with E-state index < -0.39 is 0 Å². The van der Waals surface area contributed by atoms with E-state index in [9.17, 15) is 4.79 Å². The molecule has 2 aromatic carbocycles. The highest BCUT2D eigenvalue weighted by molar-refractivity contribution is 5.92. The summed E-state index contributed by atoms with van der Waals surface area (Å²) in [5.41, 5.74) is 5.07. The van der Waals surface area contributed by atoms with Crippen LogP contribution < -0.4 is 20.1 Å². The minimum absolute atomic E-state index is 0.224. The van der Waals surface area contributed by atoms with Crippen molar-refractivity contribution in [3.05, 3.63) is 70.5 Å². The predicted octanol–water partition coefficient (Wildman–Crippen LogP) is 3.80. The molecule has 2 heterocycles. The van der Waals surface area contributed by atoms with Gasteiger partial charge in [-0.25, -0.2) is 9.97 Å². The molecule has 1 aliphatic heterocycles. The first kappa shape index (κ1) is 18.7. The molecule has 0 saturated carbocycles. The van der Waals surface area contributed by atoms with E-state index in [0.717, 1.165) is 22.4 Å². The maximum atomic E-state index is 12.6. The molecule has 29 heavy (non-hydrogen) atoms. The van der Waals surface area contributed by atoms with Crippen molar-refractivity contribution in [1.82, 2.24) is 15.3 Å². The number of anilines is 2. The van der Waals surface area contributed by atoms with Crippen LogP contribution in [-0.2, 0) is 6.54 Å². The van der Waals surface area contributed by atoms with Crippen molar-refractivity contribution in [2.24, 2.45) is 0 Å². The van der Waals surface area contributed by atoms with Crippen LogP contribution in [0.4, 0.5) is 11.6 Å². The first-order valence-corrected chi connectivity index (χ1v) is 9.34. The van der Waals surface area contributed by atoms with Gasteiger partial charge in [-0.3, -0.25) is 4.79 Å². The van der Waals surface area contributed by atoms with Crippen LogP contribution >= 0.6 is 0 Å². The molecule has 1 aromatic heterocycles. The van der Waals surface area contributed by atoms with Crippen LogP contribution in [-0.4, -0.2) is 22.7 Å². The number of carbonyl (C=O) groups is 1. The molecule has 0 bridgehead atoms. The van der Waals surface area contributed by atoms with Gasteiger partial charge in [0.05, 0.1) is 0 Å². The molecule has 0 spiro atoms. The van der Waals surface area contributed by atoms with Gasteiger partial charge < -0.3 is 20.1 Å². The van der Waals surface area contributed by atoms with Crippen molar-refractivity contribution >= 4 is 17.5 Å². The lowest BCUT2D eigenvalue weighted by Gasteiger charge is -2.11. The minimum atomic E-state index is -0.266. The second-order valence-electron chi connectivity index (χ2n) is 7.03. The molecule has 7 nitrogen and oxygen atoms in total. The van der Waals surface area contributed by atoms with E-state index in [4.69, 9.17) is 9.47 Å². The number of aryl methyl sites for hydroxylation is 3. The molecule has 1 amide bonds. The number of nitrogens with zero attached hydrogens (tertiary/aromatic N) is 2. The number of aromatic nitrogens is 2. The number of amides is 1. The molecule has 0 fully saturated rings. The third-order valence-corrected chi connectivity index (χ3v) is 4.62. The summed E-state index contributed by atoms with van der Waals surface area (Å²) < 4.78 is 10.7. The van der Waals surface area contributed by atoms with E-state index in [0.29, 0.717) is 35.4 Å². The fraction of sp³-hybridized carbons (Fsp3) is 0.227. The third kappa shape index (κ3) is 4.29. The Kier molecular flexibility index (Phi) is 5.03. The van der Waals surface area contributed by atoms with Crippen LogP contribution in [0.1, 0.15) is 32.9 Å². The van der Waals surface area contributed by atoms with Crippen molar-refractivity contribution in [1.29, 1.82) is 0 Å². The zero-order chi connectivity index (χ0) is 20.4. The summed E-state index contributed by atoms with van der Waals surface area (Å²) in [6.07, 6.45) is 0. The average Bonchev–Trinajstić information content (AvgIpc) is 3.16. The standard InChI is InChI=1S/C22H22N4O3/c1-13-4-5-14(2)17(8-13)25-22-24-15(3)9-18(26-22)21(27)23-11-16-6-7-19-20(10-16)29-12-28-19/h4-10H,11-12H2,1-3H3,(H,23,27)(H,24,25,26). The van der Waals surface area contributed by atoms with Crippen LogP contribution in [0.25, 0.3) is 0 Å². The van der Waals surface area contributed by atoms with Crippen LogP contribution in [0.3, 0.4) is 0 Å². The number of ether oxygens (including phenoxy) is 2. The molecule has 148 valence electrons. The van der Waals surface area contributed by atoms with Gasteiger partial charge in [-0.15, -0.1) is 0 Å². The maximum absolute atomic E-state index is 12.6. The normalized spacial score (nSPS) is 12.0. The fourth-order valence-electron chi connectivity index (χ4n) is 3.06. The van der Waals surface area contributed by atoms with Gasteiger partial charge in [0, 0.05) is 17.9 Å². The highest BCUT2D eigenvalue weighted by Crippen LogP contribution is 2.32. The number of hydrogen-bond acceptors (Lipinski definition) is 6. The number of nitrogens with one attached hydrogen (secondary N) is 2. The molecular weight excluding hydrogens is 368 g/mol. The summed E-state index contributed by atoms with van der Waals surface area (Å²) in [5, 5.41) is 6.11. The van der Waals surface area contributed by atoms with Gasteiger partial charge in [0.25, 0.3) is 5.91 Å². The molecule has 1 aliphatic rings. The van der Waals surface area contributed by atoms with Gasteiger partial charge in [0.1, 0.15) is 5.69 Å². The van der Waals surface area contributed by atoms with Crippen molar-refractivity contribution < 1.29 is 14.3 Å². The molecule has 0 atom stereocenters. The van der Waals surface area contributed by atoms with Crippen LogP contribution in [0.15, 0.2) is 42.5 Å². The SMILES string of the molecule is Cc1ccc(C)c(Nc2nc(C)cc(C(=O)NCc3ccc4c(c3)OCO4)n2)c1. The molecule has 4 rings (SSSR count). The maximum Gasteiger partial charge on any atom is 0.270 e. The monoisotopic (exact) mass is 390 g/mol. The minimum Gasteiger partial charge on any atom is -0.454 e. The summed E-state index contributed by atoms with van der Waals surface area (Å²) in [4.78, 5) is 21.4. The van der Waals surface area contributed by atoms with Crippen LogP contribution in [0, 0.1) is 20.8 Å². The van der Waals surface area contributed by atoms with Gasteiger partial charge in [-0.2, -0.15) is 0 Å². The summed E-state index contributed by atoms with van der Waals surface area (Å²) in [6, 6.07) is 13.4. The first-order chi connectivity index (χ1) is 14.0. The highest BCUT2D eigenvalue weighted by Gasteiger charge is 2.15. The van der Waals surface area contributed by atoms with E-state index in [1.807, 2.05) is 57.2 Å². The third-order valence-electron chi connectivity index (χ3n) is 4.62. The van der Waals surface area contributed by atoms with Crippen LogP contribution in [0.5, 0.6) is 11.5 Å². The Morgan fingerprint density at radius 3 is 2.69 bits per heavy atom. The van der Waals surface area contributed by atoms with Crippen molar-refractivity contribution in [3.63, 3.8) is 0 Å². The van der Waals surface area contributed by atoms with E-state index >= 15 is 0 Å². The Hall–Kier alpha value is -3.61. The molecule has 0 saturated heterocycles. The van der Waals surface area contributed by atoms with Crippen molar-refractivity contribution in [3.8, 4) is 11.5 Å². The van der Waals surface area contributed by atoms with Gasteiger partial charge >= 0.3 is 0 Å². The molecule has 0 unspecified atom stereocenters. The Bertz CT molecular complexity index is 1080. The van der Waals surface area contributed by atoms with Crippen molar-refractivity contribution in [2.75, 3.05) is 12.1 Å². The lowest BCUT2D eigenvalue weighted by atomic mass is 10.1. The van der Waals surface area contributed by atoms with Gasteiger partial charge in [0.15, 0.2) is 11.5 Å². The summed E-state index contributed by atoms with van der Waals surface area (Å²) in [6.45, 7) is 6.46. The predicted molar refractivity (Wildman–Crippen MR) is 110 cm³/mol. The topological polar surface area (TPSA) is 85.4 Å². The number of benzene rings is 2. The first-order valence-electron chi connectivity index (χ1n) is 9.34. The summed E-state index contributed by atoms with van der Waals surface area (Å²) in [5.74, 6) is 1.53. The Balaban J connectivity index is 1.48. The summed E-state index contributed by atoms with van der Waals surface area (Å²) in [7, 11) is 0. The average molecular weight is 390 g/mol. The lowest BCUT2D eigenvalue weighted by molar-refractivity contribution is 0.0945. The molecule has 2 N–H and O–H groups in total.